The minimum absolute atomic E-state index is 0.00812. The van der Waals surface area contributed by atoms with E-state index in [9.17, 15) is 19.2 Å². The third kappa shape index (κ3) is 5.28. The number of ether oxygens (including phenoxy) is 3. The molecule has 0 bridgehead atoms. The number of hydrogen-bond donors (Lipinski definition) is 0. The van der Waals surface area contributed by atoms with E-state index in [1.807, 2.05) is 0 Å². The molecule has 0 N–H and O–H groups in total. The van der Waals surface area contributed by atoms with Crippen molar-refractivity contribution >= 4 is 29.3 Å². The first-order valence-corrected chi connectivity index (χ1v) is 9.84. The number of methoxy groups -OCH3 is 1. The third-order valence-corrected chi connectivity index (χ3v) is 4.89. The van der Waals surface area contributed by atoms with Crippen LogP contribution in [-0.4, -0.2) is 50.5 Å². The molecular weight excluding hydrogens is 402 g/mol. The minimum Gasteiger partial charge on any atom is -0.497 e. The molecular formula is C23H23NO7. The van der Waals surface area contributed by atoms with Crippen LogP contribution in [0.2, 0.25) is 0 Å². The Labute approximate surface area is 179 Å². The number of carbonyl (C=O) groups excluding carboxylic acids is 4. The van der Waals surface area contributed by atoms with Crippen molar-refractivity contribution in [2.24, 2.45) is 5.92 Å². The van der Waals surface area contributed by atoms with Gasteiger partial charge in [0, 0.05) is 24.2 Å². The molecule has 0 aliphatic carbocycles. The highest BCUT2D eigenvalue weighted by atomic mass is 16.5. The second-order valence-electron chi connectivity index (χ2n) is 6.94. The topological polar surface area (TPSA) is 99.2 Å². The van der Waals surface area contributed by atoms with Crippen molar-refractivity contribution in [2.45, 2.75) is 13.3 Å². The average Bonchev–Trinajstić information content (AvgIpc) is 3.19. The first-order valence-electron chi connectivity index (χ1n) is 9.84. The largest absolute Gasteiger partial charge is 0.497 e. The van der Waals surface area contributed by atoms with Crippen LogP contribution in [0.4, 0.5) is 5.69 Å². The van der Waals surface area contributed by atoms with E-state index < -0.39 is 24.5 Å². The first kappa shape index (κ1) is 22.0. The molecule has 2 aromatic carbocycles. The molecule has 1 saturated heterocycles. The summed E-state index contributed by atoms with van der Waals surface area (Å²) in [6, 6.07) is 13.0. The van der Waals surface area contributed by atoms with E-state index in [0.717, 1.165) is 0 Å². The zero-order valence-corrected chi connectivity index (χ0v) is 17.3. The number of rotatable bonds is 8. The number of Topliss-reactive ketones (excluding diaryl/α,β-unsaturated/α-hetero) is 1. The van der Waals surface area contributed by atoms with Gasteiger partial charge in [0.05, 0.1) is 25.2 Å². The lowest BCUT2D eigenvalue weighted by molar-refractivity contribution is -0.147. The molecule has 8 heteroatoms. The van der Waals surface area contributed by atoms with Gasteiger partial charge >= 0.3 is 11.9 Å². The highest BCUT2D eigenvalue weighted by molar-refractivity contribution is 6.01. The number of nitrogens with zero attached hydrogens (tertiary/aromatic N) is 1. The quantitative estimate of drug-likeness (QED) is 0.474. The molecule has 8 nitrogen and oxygen atoms in total. The summed E-state index contributed by atoms with van der Waals surface area (Å²) in [7, 11) is 1.50. The van der Waals surface area contributed by atoms with Crippen molar-refractivity contribution in [2.75, 3.05) is 31.8 Å². The van der Waals surface area contributed by atoms with Crippen LogP contribution in [0, 0.1) is 5.92 Å². The van der Waals surface area contributed by atoms with Crippen molar-refractivity contribution in [3.63, 3.8) is 0 Å². The number of anilines is 1. The van der Waals surface area contributed by atoms with Gasteiger partial charge in [0.2, 0.25) is 5.91 Å². The van der Waals surface area contributed by atoms with Gasteiger partial charge in [-0.25, -0.2) is 4.79 Å². The van der Waals surface area contributed by atoms with Crippen LogP contribution in [0.15, 0.2) is 48.5 Å². The zero-order chi connectivity index (χ0) is 22.4. The fourth-order valence-electron chi connectivity index (χ4n) is 3.24. The van der Waals surface area contributed by atoms with E-state index >= 15 is 0 Å². The predicted molar refractivity (Wildman–Crippen MR) is 111 cm³/mol. The van der Waals surface area contributed by atoms with Gasteiger partial charge in [-0.3, -0.25) is 14.4 Å². The molecule has 0 saturated carbocycles. The van der Waals surface area contributed by atoms with Crippen molar-refractivity contribution in [1.82, 2.24) is 0 Å². The Morgan fingerprint density at radius 3 is 2.45 bits per heavy atom. The van der Waals surface area contributed by atoms with Gasteiger partial charge < -0.3 is 19.1 Å². The predicted octanol–water partition coefficient (Wildman–Crippen LogP) is 2.65. The van der Waals surface area contributed by atoms with Gasteiger partial charge in [-0.1, -0.05) is 12.1 Å². The molecule has 1 aliphatic rings. The molecule has 1 aliphatic heterocycles. The lowest BCUT2D eigenvalue weighted by Crippen LogP contribution is -2.27. The summed E-state index contributed by atoms with van der Waals surface area (Å²) in [5, 5.41) is 0. The Morgan fingerprint density at radius 2 is 1.77 bits per heavy atom. The molecule has 0 spiro atoms. The van der Waals surface area contributed by atoms with Gasteiger partial charge in [0.1, 0.15) is 5.75 Å². The SMILES string of the molecule is CCOC(=O)c1ccc(N2C[C@@H](C(=O)OCC(=O)c3cccc(OC)c3)CC2=O)cc1. The van der Waals surface area contributed by atoms with Crippen LogP contribution in [-0.2, 0) is 19.1 Å². The maximum atomic E-state index is 12.4. The summed E-state index contributed by atoms with van der Waals surface area (Å²) in [6.07, 6.45) is -0.00812. The number of ketones is 1. The van der Waals surface area contributed by atoms with Crippen molar-refractivity contribution in [1.29, 1.82) is 0 Å². The molecule has 31 heavy (non-hydrogen) atoms. The van der Waals surface area contributed by atoms with Crippen molar-refractivity contribution < 1.29 is 33.4 Å². The second-order valence-corrected chi connectivity index (χ2v) is 6.94. The maximum absolute atomic E-state index is 12.4. The Kier molecular flexibility index (Phi) is 7.02. The van der Waals surface area contributed by atoms with E-state index in [1.165, 1.54) is 12.0 Å². The lowest BCUT2D eigenvalue weighted by Gasteiger charge is -2.17. The summed E-state index contributed by atoms with van der Waals surface area (Å²) < 4.78 is 15.2. The summed E-state index contributed by atoms with van der Waals surface area (Å²) in [6.45, 7) is 1.72. The molecule has 0 aromatic heterocycles. The lowest BCUT2D eigenvalue weighted by atomic mass is 10.1. The van der Waals surface area contributed by atoms with E-state index in [-0.39, 0.29) is 31.3 Å². The number of carbonyl (C=O) groups is 4. The average molecular weight is 425 g/mol. The minimum atomic E-state index is -0.671. The highest BCUT2D eigenvalue weighted by Gasteiger charge is 2.36. The number of esters is 2. The fraction of sp³-hybridized carbons (Fsp3) is 0.304. The number of benzene rings is 2. The molecule has 3 rings (SSSR count). The van der Waals surface area contributed by atoms with Crippen molar-refractivity contribution in [3.8, 4) is 5.75 Å². The van der Waals surface area contributed by atoms with Crippen LogP contribution in [0.5, 0.6) is 5.75 Å². The molecule has 1 amide bonds. The molecule has 1 fully saturated rings. The van der Waals surface area contributed by atoms with Gasteiger partial charge in [0.25, 0.3) is 0 Å². The second kappa shape index (κ2) is 9.88. The molecule has 162 valence electrons. The normalized spacial score (nSPS) is 15.5. The Bertz CT molecular complexity index is 984. The molecule has 2 aromatic rings. The molecule has 0 unspecified atom stereocenters. The number of amides is 1. The van der Waals surface area contributed by atoms with E-state index in [2.05, 4.69) is 0 Å². The van der Waals surface area contributed by atoms with Crippen LogP contribution in [0.25, 0.3) is 0 Å². The van der Waals surface area contributed by atoms with Crippen LogP contribution in [0.3, 0.4) is 0 Å². The first-order chi connectivity index (χ1) is 14.9. The van der Waals surface area contributed by atoms with E-state index in [4.69, 9.17) is 14.2 Å². The standard InChI is InChI=1S/C23H23NO7/c1-3-30-22(27)15-7-9-18(10-8-15)24-13-17(12-21(24)26)23(28)31-14-20(25)16-5-4-6-19(11-16)29-2/h4-11,17H,3,12-14H2,1-2H3/t17-/m0/s1. The fourth-order valence-corrected chi connectivity index (χ4v) is 3.24. The van der Waals surface area contributed by atoms with Crippen molar-refractivity contribution in [3.05, 3.63) is 59.7 Å². The van der Waals surface area contributed by atoms with E-state index in [0.29, 0.717) is 22.6 Å². The van der Waals surface area contributed by atoms with Crippen LogP contribution >= 0.6 is 0 Å². The van der Waals surface area contributed by atoms with Gasteiger partial charge in [-0.05, 0) is 43.3 Å². The zero-order valence-electron chi connectivity index (χ0n) is 17.3. The summed E-state index contributed by atoms with van der Waals surface area (Å²) in [5.41, 5.74) is 1.32. The monoisotopic (exact) mass is 425 g/mol. The highest BCUT2D eigenvalue weighted by Crippen LogP contribution is 2.26. The Hall–Kier alpha value is -3.68. The summed E-state index contributed by atoms with van der Waals surface area (Å²) in [5.74, 6) is -1.77. The van der Waals surface area contributed by atoms with Gasteiger partial charge in [-0.15, -0.1) is 0 Å². The van der Waals surface area contributed by atoms with Gasteiger partial charge in [0.15, 0.2) is 12.4 Å². The van der Waals surface area contributed by atoms with Crippen LogP contribution in [0.1, 0.15) is 34.1 Å². The van der Waals surface area contributed by atoms with Crippen LogP contribution < -0.4 is 9.64 Å². The molecule has 0 radical (unpaired) electrons. The summed E-state index contributed by atoms with van der Waals surface area (Å²) >= 11 is 0. The molecule has 1 atom stereocenters. The molecule has 1 heterocycles. The smallest absolute Gasteiger partial charge is 0.338 e. The Balaban J connectivity index is 1.57. The van der Waals surface area contributed by atoms with Gasteiger partial charge in [-0.2, -0.15) is 0 Å². The third-order valence-electron chi connectivity index (χ3n) is 4.89. The maximum Gasteiger partial charge on any atom is 0.338 e. The number of hydrogen-bond acceptors (Lipinski definition) is 7. The summed E-state index contributed by atoms with van der Waals surface area (Å²) in [4.78, 5) is 50.3. The van der Waals surface area contributed by atoms with E-state index in [1.54, 1.807) is 55.5 Å². The Morgan fingerprint density at radius 1 is 1.03 bits per heavy atom.